The van der Waals surface area contributed by atoms with E-state index in [9.17, 15) is 26.4 Å². The van der Waals surface area contributed by atoms with Crippen LogP contribution in [0.3, 0.4) is 0 Å². The molecule has 1 aliphatic rings. The van der Waals surface area contributed by atoms with E-state index < -0.39 is 33.9 Å². The number of amides is 1. The fourth-order valence-electron chi connectivity index (χ4n) is 2.55. The molecule has 1 aromatic rings. The molecule has 8 heteroatoms. The summed E-state index contributed by atoms with van der Waals surface area (Å²) >= 11 is 0. The van der Waals surface area contributed by atoms with Crippen LogP contribution in [0.1, 0.15) is 24.8 Å². The first-order valence-corrected chi connectivity index (χ1v) is 8.59. The number of halogens is 3. The van der Waals surface area contributed by atoms with E-state index in [2.05, 4.69) is 0 Å². The zero-order chi connectivity index (χ0) is 16.6. The molecule has 4 nitrogen and oxygen atoms in total. The van der Waals surface area contributed by atoms with Gasteiger partial charge in [0.15, 0.2) is 9.84 Å². The van der Waals surface area contributed by atoms with Gasteiger partial charge in [-0.05, 0) is 30.5 Å². The van der Waals surface area contributed by atoms with E-state index in [0.29, 0.717) is 18.4 Å². The van der Waals surface area contributed by atoms with E-state index in [0.717, 1.165) is 12.7 Å². The lowest BCUT2D eigenvalue weighted by Crippen LogP contribution is -2.51. The van der Waals surface area contributed by atoms with Crippen LogP contribution in [0.2, 0.25) is 0 Å². The highest BCUT2D eigenvalue weighted by atomic mass is 32.2. The number of nitrogens with one attached hydrogen (secondary N) is 1. The van der Waals surface area contributed by atoms with Gasteiger partial charge in [0.25, 0.3) is 0 Å². The average Bonchev–Trinajstić information content (AvgIpc) is 2.34. The summed E-state index contributed by atoms with van der Waals surface area (Å²) in [5, 5.41) is 1.93. The Labute approximate surface area is 126 Å². The zero-order valence-electron chi connectivity index (χ0n) is 11.9. The molecule has 1 amide bonds. The van der Waals surface area contributed by atoms with Gasteiger partial charge in [0, 0.05) is 6.26 Å². The Bertz CT molecular complexity index is 662. The fraction of sp³-hybridized carbons (Fsp3) is 0.500. The first-order valence-electron chi connectivity index (χ1n) is 6.70. The lowest BCUT2D eigenvalue weighted by molar-refractivity contribution is -0.144. The molecule has 0 aliphatic heterocycles. The van der Waals surface area contributed by atoms with Crippen LogP contribution in [-0.4, -0.2) is 33.3 Å². The summed E-state index contributed by atoms with van der Waals surface area (Å²) in [6.07, 6.45) is -1.74. The summed E-state index contributed by atoms with van der Waals surface area (Å²) in [7, 11) is -3.35. The van der Waals surface area contributed by atoms with Crippen molar-refractivity contribution < 1.29 is 26.4 Å². The lowest BCUT2D eigenvalue weighted by Gasteiger charge is -2.40. The van der Waals surface area contributed by atoms with Crippen LogP contribution in [0.5, 0.6) is 0 Å². The molecule has 0 spiro atoms. The molecule has 2 rings (SSSR count). The maximum absolute atomic E-state index is 12.2. The van der Waals surface area contributed by atoms with Crippen molar-refractivity contribution in [2.24, 2.45) is 0 Å². The Hall–Kier alpha value is -1.57. The summed E-state index contributed by atoms with van der Waals surface area (Å²) in [4.78, 5) is 12.3. The fourth-order valence-corrected chi connectivity index (χ4v) is 3.18. The van der Waals surface area contributed by atoms with Gasteiger partial charge in [0.2, 0.25) is 5.91 Å². The number of sulfone groups is 1. The number of alkyl halides is 3. The van der Waals surface area contributed by atoms with Gasteiger partial charge in [-0.15, -0.1) is 0 Å². The molecule has 0 bridgehead atoms. The lowest BCUT2D eigenvalue weighted by atomic mass is 9.64. The monoisotopic (exact) mass is 335 g/mol. The SMILES string of the molecule is CS(=O)(=O)c1ccc(C2(C(=O)NCC(F)(F)F)CCC2)cc1. The smallest absolute Gasteiger partial charge is 0.346 e. The quantitative estimate of drug-likeness (QED) is 0.917. The molecule has 1 N–H and O–H groups in total. The summed E-state index contributed by atoms with van der Waals surface area (Å²) in [5.74, 6) is -0.664. The van der Waals surface area contributed by atoms with Crippen molar-refractivity contribution >= 4 is 15.7 Å². The molecule has 0 unspecified atom stereocenters. The maximum atomic E-state index is 12.2. The van der Waals surface area contributed by atoms with Crippen molar-refractivity contribution in [2.45, 2.75) is 35.7 Å². The van der Waals surface area contributed by atoms with Crippen LogP contribution < -0.4 is 5.32 Å². The number of hydrogen-bond acceptors (Lipinski definition) is 3. The Morgan fingerprint density at radius 3 is 2.14 bits per heavy atom. The summed E-state index contributed by atoms with van der Waals surface area (Å²) < 4.78 is 59.5. The Kier molecular flexibility index (Phi) is 4.25. The first kappa shape index (κ1) is 16.8. The zero-order valence-corrected chi connectivity index (χ0v) is 12.7. The van der Waals surface area contributed by atoms with E-state index in [4.69, 9.17) is 0 Å². The van der Waals surface area contributed by atoms with Gasteiger partial charge in [0.05, 0.1) is 10.3 Å². The number of carbonyl (C=O) groups excluding carboxylic acids is 1. The van der Waals surface area contributed by atoms with Crippen molar-refractivity contribution in [1.82, 2.24) is 5.32 Å². The molecule has 1 fully saturated rings. The number of benzene rings is 1. The van der Waals surface area contributed by atoms with Crippen LogP contribution in [-0.2, 0) is 20.0 Å². The van der Waals surface area contributed by atoms with Crippen LogP contribution >= 0.6 is 0 Å². The predicted molar refractivity (Wildman–Crippen MR) is 74.1 cm³/mol. The number of rotatable bonds is 4. The highest BCUT2D eigenvalue weighted by molar-refractivity contribution is 7.90. The molecule has 0 saturated heterocycles. The van der Waals surface area contributed by atoms with Crippen LogP contribution in [0.4, 0.5) is 13.2 Å². The number of carbonyl (C=O) groups is 1. The normalized spacial score (nSPS) is 17.6. The van der Waals surface area contributed by atoms with Crippen molar-refractivity contribution in [1.29, 1.82) is 0 Å². The molecule has 1 aromatic carbocycles. The molecule has 0 heterocycles. The first-order chi connectivity index (χ1) is 10.0. The summed E-state index contributed by atoms with van der Waals surface area (Å²) in [6, 6.07) is 5.76. The minimum Gasteiger partial charge on any atom is -0.346 e. The van der Waals surface area contributed by atoms with Gasteiger partial charge < -0.3 is 5.32 Å². The van der Waals surface area contributed by atoms with E-state index in [1.165, 1.54) is 24.3 Å². The van der Waals surface area contributed by atoms with Gasteiger partial charge in [-0.25, -0.2) is 8.42 Å². The second-order valence-electron chi connectivity index (χ2n) is 5.53. The Morgan fingerprint density at radius 1 is 1.23 bits per heavy atom. The van der Waals surface area contributed by atoms with E-state index in [-0.39, 0.29) is 4.90 Å². The standard InChI is InChI=1S/C14H16F3NO3S/c1-22(20,21)11-5-3-10(4-6-11)13(7-2-8-13)12(19)18-9-14(15,16)17/h3-6H,2,7-9H2,1H3,(H,18,19). The Morgan fingerprint density at radius 2 is 1.77 bits per heavy atom. The molecule has 122 valence electrons. The second kappa shape index (κ2) is 5.57. The Balaban J connectivity index is 2.22. The van der Waals surface area contributed by atoms with Crippen LogP contribution in [0, 0.1) is 0 Å². The molecular formula is C14H16F3NO3S. The summed E-state index contributed by atoms with van der Waals surface area (Å²) in [5.41, 5.74) is -0.438. The molecule has 0 atom stereocenters. The second-order valence-corrected chi connectivity index (χ2v) is 7.55. The largest absolute Gasteiger partial charge is 0.405 e. The highest BCUT2D eigenvalue weighted by Gasteiger charge is 2.46. The van der Waals surface area contributed by atoms with Gasteiger partial charge in [-0.1, -0.05) is 18.6 Å². The molecule has 1 saturated carbocycles. The average molecular weight is 335 g/mol. The summed E-state index contributed by atoms with van der Waals surface area (Å²) in [6.45, 7) is -1.37. The number of hydrogen-bond donors (Lipinski definition) is 1. The molecule has 0 aromatic heterocycles. The highest BCUT2D eigenvalue weighted by Crippen LogP contribution is 2.44. The molecule has 1 aliphatic carbocycles. The van der Waals surface area contributed by atoms with Crippen molar-refractivity contribution in [2.75, 3.05) is 12.8 Å². The third-order valence-corrected chi connectivity index (χ3v) is 5.05. The van der Waals surface area contributed by atoms with Gasteiger partial charge >= 0.3 is 6.18 Å². The van der Waals surface area contributed by atoms with Crippen molar-refractivity contribution in [3.8, 4) is 0 Å². The predicted octanol–water partition coefficient (Wildman–Crippen LogP) is 2.19. The maximum Gasteiger partial charge on any atom is 0.405 e. The van der Waals surface area contributed by atoms with Crippen molar-refractivity contribution in [3.05, 3.63) is 29.8 Å². The van der Waals surface area contributed by atoms with Crippen molar-refractivity contribution in [3.63, 3.8) is 0 Å². The van der Waals surface area contributed by atoms with E-state index in [1.54, 1.807) is 0 Å². The van der Waals surface area contributed by atoms with E-state index >= 15 is 0 Å². The van der Waals surface area contributed by atoms with Crippen LogP contribution in [0.25, 0.3) is 0 Å². The third kappa shape index (κ3) is 3.43. The van der Waals surface area contributed by atoms with Crippen LogP contribution in [0.15, 0.2) is 29.2 Å². The third-order valence-electron chi connectivity index (χ3n) is 3.93. The molecule has 0 radical (unpaired) electrons. The molecular weight excluding hydrogens is 319 g/mol. The molecule has 22 heavy (non-hydrogen) atoms. The van der Waals surface area contributed by atoms with Gasteiger partial charge in [-0.2, -0.15) is 13.2 Å². The van der Waals surface area contributed by atoms with Gasteiger partial charge in [0.1, 0.15) is 6.54 Å². The topological polar surface area (TPSA) is 63.2 Å². The van der Waals surface area contributed by atoms with E-state index in [1.807, 2.05) is 5.32 Å². The minimum atomic E-state index is -4.46. The van der Waals surface area contributed by atoms with Gasteiger partial charge in [-0.3, -0.25) is 4.79 Å². The minimum absolute atomic E-state index is 0.112.